The summed E-state index contributed by atoms with van der Waals surface area (Å²) in [6.07, 6.45) is -0.693. The molecule has 3 rings (SSSR count). The molecule has 0 aliphatic carbocycles. The first kappa shape index (κ1) is 22.2. The van der Waals surface area contributed by atoms with Crippen LogP contribution in [0.25, 0.3) is 0 Å². The van der Waals surface area contributed by atoms with Crippen molar-refractivity contribution in [2.75, 3.05) is 13.7 Å². The van der Waals surface area contributed by atoms with Gasteiger partial charge in [-0.05, 0) is 35.9 Å². The zero-order valence-electron chi connectivity index (χ0n) is 16.4. The van der Waals surface area contributed by atoms with E-state index >= 15 is 0 Å². The summed E-state index contributed by atoms with van der Waals surface area (Å²) >= 11 is 0. The number of nitrogens with one attached hydrogen (secondary N) is 1. The number of aliphatic hydroxyl groups excluding tert-OH is 1. The third kappa shape index (κ3) is 5.35. The zero-order chi connectivity index (χ0) is 21.7. The SMILES string of the molecule is COc1ccc(S(=O)(=O)c2ccccc2CN(O)NC(=O)C[C@H]2C[C@H](O)CO2)cc1. The molecule has 162 valence electrons. The van der Waals surface area contributed by atoms with Crippen LogP contribution in [0.3, 0.4) is 0 Å². The van der Waals surface area contributed by atoms with Crippen LogP contribution in [0.4, 0.5) is 0 Å². The minimum absolute atomic E-state index is 0.0192. The molecule has 10 heteroatoms. The number of ether oxygens (including phenoxy) is 2. The van der Waals surface area contributed by atoms with E-state index in [9.17, 15) is 23.5 Å². The van der Waals surface area contributed by atoms with Gasteiger partial charge in [0.1, 0.15) is 5.75 Å². The van der Waals surface area contributed by atoms with Crippen molar-refractivity contribution in [2.45, 2.75) is 41.4 Å². The van der Waals surface area contributed by atoms with Crippen LogP contribution >= 0.6 is 0 Å². The molecule has 1 aliphatic rings. The molecule has 3 N–H and O–H groups in total. The maximum Gasteiger partial charge on any atom is 0.238 e. The molecule has 0 unspecified atom stereocenters. The molecule has 0 spiro atoms. The lowest BCUT2D eigenvalue weighted by atomic mass is 10.1. The number of benzene rings is 2. The average Bonchev–Trinajstić information content (AvgIpc) is 3.12. The number of methoxy groups -OCH3 is 1. The summed E-state index contributed by atoms with van der Waals surface area (Å²) in [7, 11) is -2.36. The van der Waals surface area contributed by atoms with Crippen molar-refractivity contribution in [1.82, 2.24) is 10.6 Å². The van der Waals surface area contributed by atoms with Crippen molar-refractivity contribution in [3.05, 3.63) is 54.1 Å². The second-order valence-electron chi connectivity index (χ2n) is 6.93. The standard InChI is InChI=1S/C20H24N2O7S/c1-28-16-6-8-18(9-7-16)30(26,27)19-5-3-2-4-14(19)12-22(25)21-20(24)11-17-10-15(23)13-29-17/h2-9,15,17,23,25H,10-13H2,1H3,(H,21,24)/t15-,17+/m0/s1. The van der Waals surface area contributed by atoms with Gasteiger partial charge in [-0.15, -0.1) is 0 Å². The summed E-state index contributed by atoms with van der Waals surface area (Å²) in [5.74, 6) is 0.0253. The summed E-state index contributed by atoms with van der Waals surface area (Å²) < 4.78 is 36.4. The minimum atomic E-state index is -3.85. The number of hydrogen-bond donors (Lipinski definition) is 3. The van der Waals surface area contributed by atoms with Gasteiger partial charge in [0.25, 0.3) is 0 Å². The highest BCUT2D eigenvalue weighted by Crippen LogP contribution is 2.26. The van der Waals surface area contributed by atoms with Gasteiger partial charge in [-0.25, -0.2) is 8.42 Å². The molecule has 0 aromatic heterocycles. The van der Waals surface area contributed by atoms with Crippen LogP contribution in [-0.4, -0.2) is 55.7 Å². The Bertz CT molecular complexity index is 979. The van der Waals surface area contributed by atoms with Gasteiger partial charge >= 0.3 is 0 Å². The number of nitrogens with zero attached hydrogens (tertiary/aromatic N) is 1. The van der Waals surface area contributed by atoms with Gasteiger partial charge < -0.3 is 14.6 Å². The number of carbonyl (C=O) groups excluding carboxylic acids is 1. The predicted molar refractivity (Wildman–Crippen MR) is 105 cm³/mol. The zero-order valence-corrected chi connectivity index (χ0v) is 17.2. The molecule has 2 aromatic carbocycles. The smallest absolute Gasteiger partial charge is 0.238 e. The summed E-state index contributed by atoms with van der Waals surface area (Å²) in [6, 6.07) is 12.2. The topological polar surface area (TPSA) is 125 Å². The van der Waals surface area contributed by atoms with Gasteiger partial charge in [-0.2, -0.15) is 0 Å². The van der Waals surface area contributed by atoms with Crippen LogP contribution in [-0.2, 0) is 25.9 Å². The number of hydroxylamine groups is 1. The maximum atomic E-state index is 13.1. The Labute approximate surface area is 174 Å². The minimum Gasteiger partial charge on any atom is -0.497 e. The molecule has 9 nitrogen and oxygen atoms in total. The summed E-state index contributed by atoms with van der Waals surface area (Å²) in [5.41, 5.74) is 2.59. The lowest BCUT2D eigenvalue weighted by Gasteiger charge is -2.19. The molecule has 1 aliphatic heterocycles. The van der Waals surface area contributed by atoms with E-state index < -0.39 is 28.0 Å². The molecule has 1 amide bonds. The molecular weight excluding hydrogens is 412 g/mol. The van der Waals surface area contributed by atoms with Crippen LogP contribution in [0.1, 0.15) is 18.4 Å². The van der Waals surface area contributed by atoms with Crippen LogP contribution in [0, 0.1) is 0 Å². The highest BCUT2D eigenvalue weighted by atomic mass is 32.2. The summed E-state index contributed by atoms with van der Waals surface area (Å²) in [5, 5.41) is 20.1. The normalized spacial score (nSPS) is 19.1. The van der Waals surface area contributed by atoms with E-state index in [2.05, 4.69) is 5.43 Å². The molecule has 0 radical (unpaired) electrons. The molecule has 0 bridgehead atoms. The van der Waals surface area contributed by atoms with Crippen LogP contribution in [0.5, 0.6) is 5.75 Å². The molecule has 2 atom stereocenters. The van der Waals surface area contributed by atoms with Crippen molar-refractivity contribution in [3.8, 4) is 5.75 Å². The van der Waals surface area contributed by atoms with Crippen LogP contribution in [0.2, 0.25) is 0 Å². The van der Waals surface area contributed by atoms with E-state index in [0.717, 1.165) is 0 Å². The molecule has 1 heterocycles. The first-order valence-electron chi connectivity index (χ1n) is 9.32. The maximum absolute atomic E-state index is 13.1. The van der Waals surface area contributed by atoms with Gasteiger partial charge in [-0.3, -0.25) is 15.4 Å². The van der Waals surface area contributed by atoms with E-state index in [4.69, 9.17) is 9.47 Å². The monoisotopic (exact) mass is 436 g/mol. The lowest BCUT2D eigenvalue weighted by molar-refractivity contribution is -0.167. The van der Waals surface area contributed by atoms with Crippen LogP contribution < -0.4 is 10.2 Å². The van der Waals surface area contributed by atoms with Gasteiger partial charge in [0.2, 0.25) is 15.7 Å². The fourth-order valence-electron chi connectivity index (χ4n) is 3.20. The Morgan fingerprint density at radius 1 is 1.23 bits per heavy atom. The first-order chi connectivity index (χ1) is 14.3. The van der Waals surface area contributed by atoms with E-state index in [0.29, 0.717) is 22.9 Å². The third-order valence-electron chi connectivity index (χ3n) is 4.68. The second kappa shape index (κ2) is 9.54. The number of carbonyl (C=O) groups is 1. The van der Waals surface area contributed by atoms with Crippen molar-refractivity contribution in [1.29, 1.82) is 0 Å². The Balaban J connectivity index is 1.70. The molecule has 30 heavy (non-hydrogen) atoms. The van der Waals surface area contributed by atoms with Crippen molar-refractivity contribution < 1.29 is 33.0 Å². The summed E-state index contributed by atoms with van der Waals surface area (Å²) in [6.45, 7) is -0.0666. The largest absolute Gasteiger partial charge is 0.497 e. The number of hydrazine groups is 1. The van der Waals surface area contributed by atoms with E-state index in [1.165, 1.54) is 25.3 Å². The van der Waals surface area contributed by atoms with E-state index in [1.54, 1.807) is 30.3 Å². The van der Waals surface area contributed by atoms with Crippen molar-refractivity contribution in [3.63, 3.8) is 0 Å². The Kier molecular flexibility index (Phi) is 7.06. The molecule has 0 saturated carbocycles. The molecular formula is C20H24N2O7S. The van der Waals surface area contributed by atoms with Gasteiger partial charge in [0, 0.05) is 6.42 Å². The fourth-order valence-corrected chi connectivity index (χ4v) is 4.69. The molecule has 2 aromatic rings. The van der Waals surface area contributed by atoms with Gasteiger partial charge in [-0.1, -0.05) is 23.4 Å². The summed E-state index contributed by atoms with van der Waals surface area (Å²) in [4.78, 5) is 12.2. The Hall–Kier alpha value is -2.50. The highest BCUT2D eigenvalue weighted by Gasteiger charge is 2.27. The number of sulfone groups is 1. The predicted octanol–water partition coefficient (Wildman–Crippen LogP) is 1.29. The Morgan fingerprint density at radius 3 is 2.57 bits per heavy atom. The highest BCUT2D eigenvalue weighted by molar-refractivity contribution is 7.91. The van der Waals surface area contributed by atoms with Crippen molar-refractivity contribution >= 4 is 15.7 Å². The average molecular weight is 436 g/mol. The van der Waals surface area contributed by atoms with Crippen LogP contribution in [0.15, 0.2) is 58.3 Å². The number of aliphatic hydroxyl groups is 1. The van der Waals surface area contributed by atoms with Crippen molar-refractivity contribution in [2.24, 2.45) is 0 Å². The quantitative estimate of drug-likeness (QED) is 0.529. The lowest BCUT2D eigenvalue weighted by Crippen LogP contribution is -2.40. The number of amides is 1. The second-order valence-corrected chi connectivity index (χ2v) is 8.85. The van der Waals surface area contributed by atoms with Gasteiger partial charge in [0.15, 0.2) is 0 Å². The first-order valence-corrected chi connectivity index (χ1v) is 10.8. The Morgan fingerprint density at radius 2 is 1.93 bits per heavy atom. The molecule has 1 saturated heterocycles. The molecule has 1 fully saturated rings. The number of hydrogen-bond acceptors (Lipinski definition) is 8. The van der Waals surface area contributed by atoms with E-state index in [1.807, 2.05) is 0 Å². The number of rotatable bonds is 8. The fraction of sp³-hybridized carbons (Fsp3) is 0.350. The van der Waals surface area contributed by atoms with E-state index in [-0.39, 0.29) is 29.4 Å². The third-order valence-corrected chi connectivity index (χ3v) is 6.55. The van der Waals surface area contributed by atoms with Gasteiger partial charge in [0.05, 0.1) is 48.7 Å².